The van der Waals surface area contributed by atoms with Crippen molar-refractivity contribution in [2.45, 2.75) is 6.04 Å². The number of urea groups is 1. The molecule has 27 heavy (non-hydrogen) atoms. The van der Waals surface area contributed by atoms with Crippen LogP contribution in [0, 0.1) is 0 Å². The monoisotopic (exact) mass is 368 g/mol. The van der Waals surface area contributed by atoms with Gasteiger partial charge < -0.3 is 20.3 Å². The maximum absolute atomic E-state index is 12.3. The fourth-order valence-electron chi connectivity index (χ4n) is 3.23. The number of nitrogens with zero attached hydrogens (tertiary/aromatic N) is 2. The first-order chi connectivity index (χ1) is 13.1. The van der Waals surface area contributed by atoms with Crippen molar-refractivity contribution in [3.63, 3.8) is 0 Å². The van der Waals surface area contributed by atoms with Gasteiger partial charge in [0.15, 0.2) is 0 Å². The molecule has 0 aliphatic carbocycles. The second-order valence-electron chi connectivity index (χ2n) is 6.85. The van der Waals surface area contributed by atoms with E-state index in [-0.39, 0.29) is 12.1 Å². The average molecular weight is 368 g/mol. The minimum absolute atomic E-state index is 0.117. The van der Waals surface area contributed by atoms with Gasteiger partial charge in [-0.1, -0.05) is 30.3 Å². The van der Waals surface area contributed by atoms with Crippen LogP contribution in [0.3, 0.4) is 0 Å². The first-order valence-corrected chi connectivity index (χ1v) is 9.32. The van der Waals surface area contributed by atoms with E-state index in [4.69, 9.17) is 4.74 Å². The lowest BCUT2D eigenvalue weighted by atomic mass is 10.0. The number of hydrogen-bond donors (Lipinski definition) is 2. The molecule has 0 spiro atoms. The summed E-state index contributed by atoms with van der Waals surface area (Å²) in [5, 5.41) is 5.90. The van der Waals surface area contributed by atoms with Crippen molar-refractivity contribution in [1.82, 2.24) is 10.2 Å². The number of amides is 2. The third-order valence-electron chi connectivity index (χ3n) is 4.77. The Morgan fingerprint density at radius 2 is 1.74 bits per heavy atom. The Bertz CT molecular complexity index is 713. The zero-order valence-electron chi connectivity index (χ0n) is 16.0. The van der Waals surface area contributed by atoms with Gasteiger partial charge in [-0.15, -0.1) is 0 Å². The van der Waals surface area contributed by atoms with Crippen molar-refractivity contribution in [1.29, 1.82) is 0 Å². The Morgan fingerprint density at radius 3 is 2.37 bits per heavy atom. The molecule has 2 aromatic rings. The molecular weight excluding hydrogens is 340 g/mol. The fraction of sp³-hybridized carbons (Fsp3) is 0.381. The van der Waals surface area contributed by atoms with Crippen molar-refractivity contribution < 1.29 is 9.53 Å². The van der Waals surface area contributed by atoms with Crippen LogP contribution >= 0.6 is 0 Å². The standard InChI is InChI=1S/C21H28N4O2/c1-24(2)19-10-8-17(9-11-19)20(25-12-14-27-15-13-25)16-22-21(26)23-18-6-4-3-5-7-18/h3-11,20H,12-16H2,1-2H3,(H2,22,23,26)/t20-/m1/s1. The van der Waals surface area contributed by atoms with E-state index >= 15 is 0 Å². The largest absolute Gasteiger partial charge is 0.379 e. The highest BCUT2D eigenvalue weighted by atomic mass is 16.5. The highest BCUT2D eigenvalue weighted by molar-refractivity contribution is 5.89. The van der Waals surface area contributed by atoms with Crippen LogP contribution < -0.4 is 15.5 Å². The lowest BCUT2D eigenvalue weighted by Crippen LogP contribution is -2.44. The van der Waals surface area contributed by atoms with Crippen LogP contribution in [0.1, 0.15) is 11.6 Å². The molecule has 6 nitrogen and oxygen atoms in total. The van der Waals surface area contributed by atoms with Gasteiger partial charge in [0, 0.05) is 45.1 Å². The third kappa shape index (κ3) is 5.45. The van der Waals surface area contributed by atoms with Crippen molar-refractivity contribution in [3.05, 3.63) is 60.2 Å². The molecule has 1 aliphatic heterocycles. The van der Waals surface area contributed by atoms with Gasteiger partial charge >= 0.3 is 6.03 Å². The number of benzene rings is 2. The van der Waals surface area contributed by atoms with Crippen LogP contribution in [0.25, 0.3) is 0 Å². The molecule has 1 aliphatic rings. The van der Waals surface area contributed by atoms with Gasteiger partial charge in [0.25, 0.3) is 0 Å². The van der Waals surface area contributed by atoms with Crippen LogP contribution in [0.4, 0.5) is 16.2 Å². The number of para-hydroxylation sites is 1. The summed E-state index contributed by atoms with van der Waals surface area (Å²) in [6.07, 6.45) is 0. The average Bonchev–Trinajstić information content (AvgIpc) is 2.70. The molecule has 2 amide bonds. The summed E-state index contributed by atoms with van der Waals surface area (Å²) in [5.41, 5.74) is 3.14. The molecular formula is C21H28N4O2. The molecule has 0 unspecified atom stereocenters. The number of nitrogens with one attached hydrogen (secondary N) is 2. The van der Waals surface area contributed by atoms with Crippen LogP contribution in [0.15, 0.2) is 54.6 Å². The van der Waals surface area contributed by atoms with Crippen LogP contribution in [0.5, 0.6) is 0 Å². The molecule has 1 heterocycles. The Balaban J connectivity index is 1.67. The van der Waals surface area contributed by atoms with E-state index in [2.05, 4.69) is 44.7 Å². The second kappa shape index (κ2) is 9.39. The highest BCUT2D eigenvalue weighted by Crippen LogP contribution is 2.23. The summed E-state index contributed by atoms with van der Waals surface area (Å²) < 4.78 is 5.49. The minimum atomic E-state index is -0.190. The van der Waals surface area contributed by atoms with E-state index in [1.165, 1.54) is 5.56 Å². The Labute approximate surface area is 161 Å². The normalized spacial score (nSPS) is 15.8. The minimum Gasteiger partial charge on any atom is -0.379 e. The number of ether oxygens (including phenoxy) is 1. The van der Waals surface area contributed by atoms with E-state index in [1.807, 2.05) is 44.4 Å². The number of rotatable bonds is 6. The summed E-state index contributed by atoms with van der Waals surface area (Å²) in [6, 6.07) is 17.9. The van der Waals surface area contributed by atoms with E-state index in [1.54, 1.807) is 0 Å². The first kappa shape index (κ1) is 19.2. The SMILES string of the molecule is CN(C)c1ccc([C@@H](CNC(=O)Nc2ccccc2)N2CCOCC2)cc1. The quantitative estimate of drug-likeness (QED) is 0.823. The first-order valence-electron chi connectivity index (χ1n) is 9.32. The van der Waals surface area contributed by atoms with Crippen LogP contribution in [0.2, 0.25) is 0 Å². The molecule has 2 aromatic carbocycles. The fourth-order valence-corrected chi connectivity index (χ4v) is 3.23. The number of carbonyl (C=O) groups excluding carboxylic acids is 1. The Morgan fingerprint density at radius 1 is 1.07 bits per heavy atom. The zero-order chi connectivity index (χ0) is 19.1. The van der Waals surface area contributed by atoms with Crippen molar-refractivity contribution in [2.24, 2.45) is 0 Å². The topological polar surface area (TPSA) is 56.8 Å². The predicted molar refractivity (Wildman–Crippen MR) is 109 cm³/mol. The molecule has 0 saturated carbocycles. The summed E-state index contributed by atoms with van der Waals surface area (Å²) >= 11 is 0. The third-order valence-corrected chi connectivity index (χ3v) is 4.77. The highest BCUT2D eigenvalue weighted by Gasteiger charge is 2.23. The number of morpholine rings is 1. The van der Waals surface area contributed by atoms with E-state index in [0.717, 1.165) is 37.7 Å². The van der Waals surface area contributed by atoms with Crippen molar-refractivity contribution in [2.75, 3.05) is 57.2 Å². The summed E-state index contributed by atoms with van der Waals surface area (Å²) in [6.45, 7) is 3.72. The van der Waals surface area contributed by atoms with E-state index in [9.17, 15) is 4.79 Å². The molecule has 3 rings (SSSR count). The second-order valence-corrected chi connectivity index (χ2v) is 6.85. The Hall–Kier alpha value is -2.57. The molecule has 1 fully saturated rings. The number of hydrogen-bond acceptors (Lipinski definition) is 4. The van der Waals surface area contributed by atoms with Crippen LogP contribution in [-0.2, 0) is 4.74 Å². The summed E-state index contributed by atoms with van der Waals surface area (Å²) in [5.74, 6) is 0. The van der Waals surface area contributed by atoms with Gasteiger partial charge in [-0.25, -0.2) is 4.79 Å². The van der Waals surface area contributed by atoms with E-state index in [0.29, 0.717) is 6.54 Å². The Kier molecular flexibility index (Phi) is 6.68. The van der Waals surface area contributed by atoms with Gasteiger partial charge in [0.1, 0.15) is 0 Å². The van der Waals surface area contributed by atoms with Gasteiger partial charge in [0.05, 0.1) is 19.3 Å². The number of anilines is 2. The lowest BCUT2D eigenvalue weighted by molar-refractivity contribution is 0.0168. The molecule has 6 heteroatoms. The zero-order valence-corrected chi connectivity index (χ0v) is 16.0. The lowest BCUT2D eigenvalue weighted by Gasteiger charge is -2.35. The molecule has 1 atom stereocenters. The van der Waals surface area contributed by atoms with Gasteiger partial charge in [-0.2, -0.15) is 0 Å². The molecule has 2 N–H and O–H groups in total. The van der Waals surface area contributed by atoms with Gasteiger partial charge in [0.2, 0.25) is 0 Å². The summed E-state index contributed by atoms with van der Waals surface area (Å²) in [4.78, 5) is 16.8. The maximum atomic E-state index is 12.3. The number of carbonyl (C=O) groups is 1. The van der Waals surface area contributed by atoms with Crippen molar-refractivity contribution >= 4 is 17.4 Å². The molecule has 0 radical (unpaired) electrons. The van der Waals surface area contributed by atoms with Gasteiger partial charge in [-0.3, -0.25) is 4.90 Å². The van der Waals surface area contributed by atoms with Gasteiger partial charge in [-0.05, 0) is 29.8 Å². The van der Waals surface area contributed by atoms with E-state index < -0.39 is 0 Å². The molecule has 1 saturated heterocycles. The summed E-state index contributed by atoms with van der Waals surface area (Å²) in [7, 11) is 4.06. The smallest absolute Gasteiger partial charge is 0.319 e. The molecule has 0 bridgehead atoms. The predicted octanol–water partition coefficient (Wildman–Crippen LogP) is 2.95. The maximum Gasteiger partial charge on any atom is 0.319 e. The van der Waals surface area contributed by atoms with Crippen LogP contribution in [-0.4, -0.2) is 57.9 Å². The van der Waals surface area contributed by atoms with Crippen molar-refractivity contribution in [3.8, 4) is 0 Å². The molecule has 144 valence electrons. The molecule has 0 aromatic heterocycles.